The van der Waals surface area contributed by atoms with Crippen LogP contribution in [0.1, 0.15) is 30.6 Å². The van der Waals surface area contributed by atoms with E-state index in [4.69, 9.17) is 9.47 Å². The molecular formula is C20H24FNO2. The van der Waals surface area contributed by atoms with Crippen molar-refractivity contribution in [2.75, 3.05) is 19.7 Å². The van der Waals surface area contributed by atoms with Crippen LogP contribution in [-0.2, 0) is 11.2 Å². The van der Waals surface area contributed by atoms with Gasteiger partial charge in [0.05, 0.1) is 6.61 Å². The Kier molecular flexibility index (Phi) is 5.83. The Bertz CT molecular complexity index is 656. The van der Waals surface area contributed by atoms with E-state index >= 15 is 0 Å². The van der Waals surface area contributed by atoms with E-state index in [1.54, 1.807) is 6.07 Å². The molecule has 3 rings (SSSR count). The molecule has 1 aliphatic heterocycles. The Morgan fingerprint density at radius 3 is 2.88 bits per heavy atom. The van der Waals surface area contributed by atoms with Crippen LogP contribution in [0.15, 0.2) is 48.5 Å². The van der Waals surface area contributed by atoms with Gasteiger partial charge in [0.1, 0.15) is 17.7 Å². The summed E-state index contributed by atoms with van der Waals surface area (Å²) in [5.74, 6) is 0.592. The van der Waals surface area contributed by atoms with Crippen molar-refractivity contribution in [1.82, 2.24) is 5.32 Å². The zero-order valence-electron chi connectivity index (χ0n) is 14.0. The Morgan fingerprint density at radius 1 is 1.25 bits per heavy atom. The lowest BCUT2D eigenvalue weighted by molar-refractivity contribution is -0.0435. The number of morpholine rings is 1. The fourth-order valence-corrected chi connectivity index (χ4v) is 3.05. The first-order valence-corrected chi connectivity index (χ1v) is 8.60. The number of rotatable bonds is 6. The first-order chi connectivity index (χ1) is 11.8. The van der Waals surface area contributed by atoms with Gasteiger partial charge < -0.3 is 14.8 Å². The molecule has 24 heavy (non-hydrogen) atoms. The second-order valence-electron chi connectivity index (χ2n) is 6.06. The summed E-state index contributed by atoms with van der Waals surface area (Å²) in [6.45, 7) is 4.31. The number of benzene rings is 2. The lowest BCUT2D eigenvalue weighted by Crippen LogP contribution is -2.43. The highest BCUT2D eigenvalue weighted by atomic mass is 19.1. The molecule has 0 spiro atoms. The average Bonchev–Trinajstić information content (AvgIpc) is 2.62. The summed E-state index contributed by atoms with van der Waals surface area (Å²) in [5.41, 5.74) is 1.97. The third-order valence-electron chi connectivity index (χ3n) is 4.22. The van der Waals surface area contributed by atoms with E-state index in [1.165, 1.54) is 17.7 Å². The summed E-state index contributed by atoms with van der Waals surface area (Å²) >= 11 is 0. The summed E-state index contributed by atoms with van der Waals surface area (Å²) in [6.07, 6.45) is 1.52. The standard InChI is InChI=1S/C20H24FNO2/c1-2-6-15-7-3-4-10-18(15)24-20(19-14-22-11-12-23-19)16-8-5-9-17(21)13-16/h3-5,7-10,13,19-20,22H,2,6,11-12,14H2,1H3/t19-,20-/m0/s1. The van der Waals surface area contributed by atoms with Crippen molar-refractivity contribution in [3.63, 3.8) is 0 Å². The van der Waals surface area contributed by atoms with E-state index in [-0.39, 0.29) is 18.0 Å². The number of aryl methyl sites for hydroxylation is 1. The zero-order chi connectivity index (χ0) is 16.8. The van der Waals surface area contributed by atoms with Crippen molar-refractivity contribution in [2.45, 2.75) is 32.0 Å². The third kappa shape index (κ3) is 4.13. The predicted octanol–water partition coefficient (Wildman–Crippen LogP) is 3.89. The van der Waals surface area contributed by atoms with Gasteiger partial charge in [0, 0.05) is 13.1 Å². The van der Waals surface area contributed by atoms with Crippen LogP contribution < -0.4 is 10.1 Å². The fraction of sp³-hybridized carbons (Fsp3) is 0.400. The number of nitrogens with one attached hydrogen (secondary N) is 1. The number of hydrogen-bond donors (Lipinski definition) is 1. The van der Waals surface area contributed by atoms with E-state index < -0.39 is 0 Å². The minimum atomic E-state index is -0.341. The number of para-hydroxylation sites is 1. The minimum Gasteiger partial charge on any atom is -0.483 e. The lowest BCUT2D eigenvalue weighted by atomic mass is 10.0. The van der Waals surface area contributed by atoms with Gasteiger partial charge in [-0.2, -0.15) is 0 Å². The second-order valence-corrected chi connectivity index (χ2v) is 6.06. The van der Waals surface area contributed by atoms with Gasteiger partial charge in [0.2, 0.25) is 0 Å². The highest BCUT2D eigenvalue weighted by Crippen LogP contribution is 2.30. The Balaban J connectivity index is 1.90. The van der Waals surface area contributed by atoms with Gasteiger partial charge in [-0.25, -0.2) is 4.39 Å². The first-order valence-electron chi connectivity index (χ1n) is 8.60. The molecular weight excluding hydrogens is 305 g/mol. The second kappa shape index (κ2) is 8.27. The number of ether oxygens (including phenoxy) is 2. The summed E-state index contributed by atoms with van der Waals surface area (Å²) in [4.78, 5) is 0. The maximum Gasteiger partial charge on any atom is 0.151 e. The minimum absolute atomic E-state index is 0.143. The topological polar surface area (TPSA) is 30.5 Å². The number of halogens is 1. The molecule has 1 fully saturated rings. The van der Waals surface area contributed by atoms with E-state index in [1.807, 2.05) is 24.3 Å². The van der Waals surface area contributed by atoms with Crippen LogP contribution >= 0.6 is 0 Å². The van der Waals surface area contributed by atoms with E-state index in [0.29, 0.717) is 13.2 Å². The van der Waals surface area contributed by atoms with Crippen LogP contribution in [0.25, 0.3) is 0 Å². The molecule has 1 aliphatic rings. The van der Waals surface area contributed by atoms with Crippen LogP contribution in [0, 0.1) is 5.82 Å². The molecule has 2 aromatic rings. The molecule has 0 unspecified atom stereocenters. The molecule has 4 heteroatoms. The van der Waals surface area contributed by atoms with Gasteiger partial charge in [0.15, 0.2) is 6.10 Å². The van der Waals surface area contributed by atoms with Gasteiger partial charge in [-0.15, -0.1) is 0 Å². The molecule has 3 nitrogen and oxygen atoms in total. The molecule has 1 saturated heterocycles. The molecule has 2 atom stereocenters. The third-order valence-corrected chi connectivity index (χ3v) is 4.22. The van der Waals surface area contributed by atoms with Crippen molar-refractivity contribution in [2.24, 2.45) is 0 Å². The summed E-state index contributed by atoms with van der Waals surface area (Å²) < 4.78 is 26.0. The van der Waals surface area contributed by atoms with Gasteiger partial charge >= 0.3 is 0 Å². The molecule has 0 radical (unpaired) electrons. The van der Waals surface area contributed by atoms with Crippen molar-refractivity contribution in [1.29, 1.82) is 0 Å². The lowest BCUT2D eigenvalue weighted by Gasteiger charge is -2.32. The van der Waals surface area contributed by atoms with Gasteiger partial charge in [0.25, 0.3) is 0 Å². The van der Waals surface area contributed by atoms with E-state index in [2.05, 4.69) is 18.3 Å². The van der Waals surface area contributed by atoms with Gasteiger partial charge in [-0.3, -0.25) is 0 Å². The maximum absolute atomic E-state index is 13.7. The molecule has 0 aromatic heterocycles. The molecule has 0 bridgehead atoms. The predicted molar refractivity (Wildman–Crippen MR) is 92.8 cm³/mol. The van der Waals surface area contributed by atoms with E-state index in [9.17, 15) is 4.39 Å². The molecule has 0 amide bonds. The van der Waals surface area contributed by atoms with E-state index in [0.717, 1.165) is 30.7 Å². The van der Waals surface area contributed by atoms with Crippen LogP contribution in [0.2, 0.25) is 0 Å². The quantitative estimate of drug-likeness (QED) is 0.872. The largest absolute Gasteiger partial charge is 0.483 e. The van der Waals surface area contributed by atoms with Crippen LogP contribution in [0.4, 0.5) is 4.39 Å². The van der Waals surface area contributed by atoms with Gasteiger partial charge in [-0.05, 0) is 35.7 Å². The highest BCUT2D eigenvalue weighted by molar-refractivity contribution is 5.34. The molecule has 0 aliphatic carbocycles. The molecule has 0 saturated carbocycles. The van der Waals surface area contributed by atoms with Crippen molar-refractivity contribution in [3.8, 4) is 5.75 Å². The average molecular weight is 329 g/mol. The van der Waals surface area contributed by atoms with Crippen molar-refractivity contribution in [3.05, 3.63) is 65.5 Å². The van der Waals surface area contributed by atoms with Crippen LogP contribution in [0.5, 0.6) is 5.75 Å². The zero-order valence-corrected chi connectivity index (χ0v) is 14.0. The van der Waals surface area contributed by atoms with Crippen LogP contribution in [-0.4, -0.2) is 25.8 Å². The summed E-state index contributed by atoms with van der Waals surface area (Å²) in [6, 6.07) is 14.7. The number of hydrogen-bond acceptors (Lipinski definition) is 3. The Labute approximate surface area is 142 Å². The normalized spacial score (nSPS) is 19.0. The highest BCUT2D eigenvalue weighted by Gasteiger charge is 2.28. The smallest absolute Gasteiger partial charge is 0.151 e. The Morgan fingerprint density at radius 2 is 2.12 bits per heavy atom. The first kappa shape index (κ1) is 16.9. The molecule has 128 valence electrons. The summed E-state index contributed by atoms with van der Waals surface area (Å²) in [5, 5.41) is 3.33. The maximum atomic E-state index is 13.7. The van der Waals surface area contributed by atoms with Crippen LogP contribution in [0.3, 0.4) is 0 Å². The molecule has 1 N–H and O–H groups in total. The molecule has 1 heterocycles. The monoisotopic (exact) mass is 329 g/mol. The fourth-order valence-electron chi connectivity index (χ4n) is 3.05. The van der Waals surface area contributed by atoms with Crippen molar-refractivity contribution >= 4 is 0 Å². The Hall–Kier alpha value is -1.91. The van der Waals surface area contributed by atoms with Gasteiger partial charge in [-0.1, -0.05) is 43.7 Å². The molecule has 2 aromatic carbocycles. The summed E-state index contributed by atoms with van der Waals surface area (Å²) in [7, 11) is 0. The van der Waals surface area contributed by atoms with Crippen molar-refractivity contribution < 1.29 is 13.9 Å². The SMILES string of the molecule is CCCc1ccccc1O[C@@H](c1cccc(F)c1)[C@@H]1CNCCO1.